The maximum atomic E-state index is 10.1. The molecule has 23 heavy (non-hydrogen) atoms. The molecule has 5 nitrogen and oxygen atoms in total. The summed E-state index contributed by atoms with van der Waals surface area (Å²) in [6, 6.07) is 11.7. The van der Waals surface area contributed by atoms with Crippen molar-refractivity contribution in [3.8, 4) is 40.0 Å². The summed E-state index contributed by atoms with van der Waals surface area (Å²) in [5.41, 5.74) is 2.75. The zero-order chi connectivity index (χ0) is 16.4. The summed E-state index contributed by atoms with van der Waals surface area (Å²) >= 11 is 5.27. The van der Waals surface area contributed by atoms with Gasteiger partial charge >= 0.3 is 0 Å². The minimum atomic E-state index is -0.122. The third-order valence-electron chi connectivity index (χ3n) is 3.41. The van der Waals surface area contributed by atoms with Crippen LogP contribution in [0, 0.1) is 16.0 Å². The van der Waals surface area contributed by atoms with Gasteiger partial charge in [0.05, 0.1) is 5.56 Å². The number of H-pyrrole nitrogens is 1. The number of aromatic hydroxyl groups is 2. The molecule has 0 bridgehead atoms. The average Bonchev–Trinajstić information content (AvgIpc) is 2.55. The Morgan fingerprint density at radius 2 is 1.78 bits per heavy atom. The first kappa shape index (κ1) is 14.8. The Hall–Kier alpha value is -3.17. The van der Waals surface area contributed by atoms with E-state index in [1.165, 1.54) is 12.1 Å². The summed E-state index contributed by atoms with van der Waals surface area (Å²) in [6.07, 6.45) is 3.31. The van der Waals surface area contributed by atoms with Crippen LogP contribution < -0.4 is 0 Å². The summed E-state index contributed by atoms with van der Waals surface area (Å²) < 4.78 is 0.282. The summed E-state index contributed by atoms with van der Waals surface area (Å²) in [6.45, 7) is 0. The fraction of sp³-hybridized carbons (Fsp3) is 0. The van der Waals surface area contributed by atoms with Gasteiger partial charge in [-0.05, 0) is 30.3 Å². The van der Waals surface area contributed by atoms with E-state index >= 15 is 0 Å². The van der Waals surface area contributed by atoms with Crippen molar-refractivity contribution in [2.75, 3.05) is 0 Å². The first-order valence-corrected chi connectivity index (χ1v) is 7.11. The van der Waals surface area contributed by atoms with E-state index in [0.29, 0.717) is 16.8 Å². The zero-order valence-electron chi connectivity index (χ0n) is 11.8. The number of aromatic nitrogens is 2. The molecule has 0 amide bonds. The fourth-order valence-electron chi connectivity index (χ4n) is 2.32. The molecule has 0 saturated carbocycles. The molecule has 2 heterocycles. The molecule has 0 spiro atoms. The number of pyridine rings is 2. The number of benzene rings is 1. The van der Waals surface area contributed by atoms with Gasteiger partial charge in [0, 0.05) is 40.8 Å². The Morgan fingerprint density at radius 1 is 1.04 bits per heavy atom. The van der Waals surface area contributed by atoms with E-state index < -0.39 is 0 Å². The number of phenolic OH excluding ortho intramolecular Hbond substituents is 2. The van der Waals surface area contributed by atoms with Crippen molar-refractivity contribution in [1.82, 2.24) is 9.97 Å². The predicted molar refractivity (Wildman–Crippen MR) is 88.3 cm³/mol. The van der Waals surface area contributed by atoms with Crippen LogP contribution in [0.4, 0.5) is 0 Å². The van der Waals surface area contributed by atoms with E-state index in [0.717, 1.165) is 5.56 Å². The van der Waals surface area contributed by atoms with E-state index in [9.17, 15) is 15.5 Å². The lowest BCUT2D eigenvalue weighted by Crippen LogP contribution is -1.93. The quantitative estimate of drug-likeness (QED) is 0.625. The molecular formula is C17H11N3O2S. The predicted octanol–water partition coefficient (Wildman–Crippen LogP) is 3.76. The maximum Gasteiger partial charge on any atom is 0.127 e. The lowest BCUT2D eigenvalue weighted by Gasteiger charge is -2.10. The topological polar surface area (TPSA) is 92.9 Å². The van der Waals surface area contributed by atoms with Crippen molar-refractivity contribution in [2.45, 2.75) is 0 Å². The monoisotopic (exact) mass is 321 g/mol. The number of rotatable bonds is 2. The lowest BCUT2D eigenvalue weighted by atomic mass is 9.98. The highest BCUT2D eigenvalue weighted by molar-refractivity contribution is 7.71. The highest BCUT2D eigenvalue weighted by Crippen LogP contribution is 2.35. The molecule has 0 saturated heterocycles. The summed E-state index contributed by atoms with van der Waals surface area (Å²) in [4.78, 5) is 6.99. The Kier molecular flexibility index (Phi) is 3.79. The van der Waals surface area contributed by atoms with E-state index in [4.69, 9.17) is 12.2 Å². The van der Waals surface area contributed by atoms with Gasteiger partial charge in [-0.1, -0.05) is 12.2 Å². The Bertz CT molecular complexity index is 975. The van der Waals surface area contributed by atoms with E-state index in [2.05, 4.69) is 16.0 Å². The van der Waals surface area contributed by atoms with Crippen molar-refractivity contribution < 1.29 is 10.2 Å². The van der Waals surface area contributed by atoms with Gasteiger partial charge in [-0.15, -0.1) is 0 Å². The van der Waals surface area contributed by atoms with Crippen LogP contribution in [0.15, 0.2) is 48.8 Å². The van der Waals surface area contributed by atoms with Crippen LogP contribution in [0.2, 0.25) is 0 Å². The van der Waals surface area contributed by atoms with Gasteiger partial charge in [-0.25, -0.2) is 0 Å². The van der Waals surface area contributed by atoms with Gasteiger partial charge in [0.25, 0.3) is 0 Å². The molecule has 2 aromatic heterocycles. The molecule has 1 aromatic carbocycles. The highest BCUT2D eigenvalue weighted by Gasteiger charge is 2.14. The first-order valence-electron chi connectivity index (χ1n) is 6.70. The number of phenols is 2. The van der Waals surface area contributed by atoms with Crippen molar-refractivity contribution in [3.63, 3.8) is 0 Å². The SMILES string of the molecule is N#Cc1c(-c2ccc(O)cc2O)cc(-c2ccncc2)[nH]c1=S. The number of nitrogens with zero attached hydrogens (tertiary/aromatic N) is 2. The molecule has 0 atom stereocenters. The minimum absolute atomic E-state index is 0.0554. The second-order valence-electron chi connectivity index (χ2n) is 4.85. The smallest absolute Gasteiger partial charge is 0.127 e. The van der Waals surface area contributed by atoms with Crippen LogP contribution in [-0.4, -0.2) is 20.2 Å². The standard InChI is InChI=1S/C17H11N3O2S/c18-9-14-13(12-2-1-11(21)7-16(12)22)8-15(20-17(14)23)10-3-5-19-6-4-10/h1-8,21-22H,(H,20,23). The summed E-state index contributed by atoms with van der Waals surface area (Å²) in [5.74, 6) is -0.178. The molecule has 3 aromatic rings. The lowest BCUT2D eigenvalue weighted by molar-refractivity contribution is 0.452. The largest absolute Gasteiger partial charge is 0.508 e. The molecule has 0 unspecified atom stereocenters. The molecule has 6 heteroatoms. The molecule has 0 aliphatic rings. The van der Waals surface area contributed by atoms with Crippen molar-refractivity contribution in [2.24, 2.45) is 0 Å². The molecule has 0 radical (unpaired) electrons. The second kappa shape index (κ2) is 5.91. The van der Waals surface area contributed by atoms with Crippen LogP contribution in [0.5, 0.6) is 11.5 Å². The Balaban J connectivity index is 2.29. The number of nitrogens with one attached hydrogen (secondary N) is 1. The summed E-state index contributed by atoms with van der Waals surface area (Å²) in [7, 11) is 0. The third-order valence-corrected chi connectivity index (χ3v) is 3.71. The van der Waals surface area contributed by atoms with Crippen molar-refractivity contribution in [3.05, 3.63) is 59.0 Å². The van der Waals surface area contributed by atoms with Crippen LogP contribution in [0.25, 0.3) is 22.4 Å². The van der Waals surface area contributed by atoms with E-state index in [1.54, 1.807) is 24.5 Å². The first-order chi connectivity index (χ1) is 11.1. The minimum Gasteiger partial charge on any atom is -0.508 e. The number of hydrogen-bond acceptors (Lipinski definition) is 5. The van der Waals surface area contributed by atoms with Crippen LogP contribution in [-0.2, 0) is 0 Å². The van der Waals surface area contributed by atoms with Crippen LogP contribution in [0.3, 0.4) is 0 Å². The normalized spacial score (nSPS) is 10.2. The molecule has 3 rings (SSSR count). The van der Waals surface area contributed by atoms with Crippen molar-refractivity contribution >= 4 is 12.2 Å². The Morgan fingerprint density at radius 3 is 2.43 bits per heavy atom. The van der Waals surface area contributed by atoms with Gasteiger partial charge in [0.2, 0.25) is 0 Å². The van der Waals surface area contributed by atoms with Crippen LogP contribution >= 0.6 is 12.2 Å². The third kappa shape index (κ3) is 2.78. The molecule has 0 fully saturated rings. The number of nitriles is 1. The van der Waals surface area contributed by atoms with Gasteiger partial charge < -0.3 is 15.2 Å². The van der Waals surface area contributed by atoms with Gasteiger partial charge in [0.1, 0.15) is 22.2 Å². The van der Waals surface area contributed by atoms with Gasteiger partial charge in [0.15, 0.2) is 0 Å². The zero-order valence-corrected chi connectivity index (χ0v) is 12.6. The molecule has 112 valence electrons. The molecule has 3 N–H and O–H groups in total. The van der Waals surface area contributed by atoms with Crippen molar-refractivity contribution in [1.29, 1.82) is 5.26 Å². The van der Waals surface area contributed by atoms with Gasteiger partial charge in [-0.2, -0.15) is 5.26 Å². The summed E-state index contributed by atoms with van der Waals surface area (Å²) in [5, 5.41) is 28.9. The molecule has 0 aliphatic heterocycles. The van der Waals surface area contributed by atoms with E-state index in [-0.39, 0.29) is 21.7 Å². The van der Waals surface area contributed by atoms with Gasteiger partial charge in [-0.3, -0.25) is 4.98 Å². The highest BCUT2D eigenvalue weighted by atomic mass is 32.1. The van der Waals surface area contributed by atoms with E-state index in [1.807, 2.05) is 12.1 Å². The van der Waals surface area contributed by atoms with Crippen LogP contribution in [0.1, 0.15) is 5.56 Å². The number of hydrogen-bond donors (Lipinski definition) is 3. The fourth-order valence-corrected chi connectivity index (χ4v) is 2.58. The Labute approximate surface area is 137 Å². The maximum absolute atomic E-state index is 10.1. The molecular weight excluding hydrogens is 310 g/mol. The average molecular weight is 321 g/mol. The number of aromatic amines is 1. The second-order valence-corrected chi connectivity index (χ2v) is 5.26. The molecule has 0 aliphatic carbocycles.